The van der Waals surface area contributed by atoms with Gasteiger partial charge in [-0.2, -0.15) is 0 Å². The molecule has 0 bridgehead atoms. The minimum Gasteiger partial charge on any atom is -0.372 e. The zero-order valence-electron chi connectivity index (χ0n) is 15.7. The van der Waals surface area contributed by atoms with Crippen molar-refractivity contribution in [2.24, 2.45) is 0 Å². The molecule has 2 aromatic carbocycles. The SMILES string of the molecule is O=C(/C=C/c1ccc(N2CCCCCC2)cc1)NNC(=O)c1ccccc1F. The lowest BCUT2D eigenvalue weighted by Crippen LogP contribution is -2.41. The molecular weight excluding hydrogens is 357 g/mol. The molecule has 0 aliphatic carbocycles. The molecule has 1 aliphatic rings. The van der Waals surface area contributed by atoms with Gasteiger partial charge in [0.25, 0.3) is 11.8 Å². The van der Waals surface area contributed by atoms with Gasteiger partial charge in [-0.3, -0.25) is 20.4 Å². The van der Waals surface area contributed by atoms with Gasteiger partial charge in [0.05, 0.1) is 5.56 Å². The van der Waals surface area contributed by atoms with E-state index in [0.717, 1.165) is 18.7 Å². The first-order valence-electron chi connectivity index (χ1n) is 9.51. The van der Waals surface area contributed by atoms with Crippen molar-refractivity contribution < 1.29 is 14.0 Å². The second kappa shape index (κ2) is 9.69. The van der Waals surface area contributed by atoms with E-state index in [2.05, 4.69) is 27.9 Å². The van der Waals surface area contributed by atoms with Crippen LogP contribution in [0.4, 0.5) is 10.1 Å². The van der Waals surface area contributed by atoms with Crippen LogP contribution in [0.2, 0.25) is 0 Å². The predicted octanol–water partition coefficient (Wildman–Crippen LogP) is 3.68. The molecular formula is C22H24FN3O2. The highest BCUT2D eigenvalue weighted by Gasteiger charge is 2.11. The number of nitrogens with zero attached hydrogens (tertiary/aromatic N) is 1. The molecule has 1 fully saturated rings. The lowest BCUT2D eigenvalue weighted by atomic mass is 10.1. The first-order chi connectivity index (χ1) is 13.6. The van der Waals surface area contributed by atoms with Crippen LogP contribution in [0.15, 0.2) is 54.6 Å². The van der Waals surface area contributed by atoms with Crippen molar-refractivity contribution in [1.82, 2.24) is 10.9 Å². The number of halogens is 1. The topological polar surface area (TPSA) is 61.4 Å². The fourth-order valence-electron chi connectivity index (χ4n) is 3.17. The predicted molar refractivity (Wildman–Crippen MR) is 108 cm³/mol. The van der Waals surface area contributed by atoms with Gasteiger partial charge < -0.3 is 4.90 Å². The Labute approximate surface area is 164 Å². The lowest BCUT2D eigenvalue weighted by molar-refractivity contribution is -0.117. The van der Waals surface area contributed by atoms with Gasteiger partial charge in [-0.05, 0) is 48.7 Å². The number of hydrogen-bond donors (Lipinski definition) is 2. The third-order valence-corrected chi connectivity index (χ3v) is 4.71. The van der Waals surface area contributed by atoms with E-state index in [4.69, 9.17) is 0 Å². The highest BCUT2D eigenvalue weighted by Crippen LogP contribution is 2.20. The van der Waals surface area contributed by atoms with Crippen molar-refractivity contribution in [2.75, 3.05) is 18.0 Å². The average molecular weight is 381 g/mol. The van der Waals surface area contributed by atoms with Crippen molar-refractivity contribution in [2.45, 2.75) is 25.7 Å². The van der Waals surface area contributed by atoms with Crippen LogP contribution in [-0.4, -0.2) is 24.9 Å². The molecule has 0 saturated carbocycles. The number of rotatable bonds is 4. The van der Waals surface area contributed by atoms with E-state index in [1.807, 2.05) is 12.1 Å². The standard InChI is InChI=1S/C22H24FN3O2/c23-20-8-4-3-7-19(20)22(28)25-24-21(27)14-11-17-9-12-18(13-10-17)26-15-5-1-2-6-16-26/h3-4,7-14H,1-2,5-6,15-16H2,(H,24,27)(H,25,28)/b14-11+. The Morgan fingerprint density at radius 1 is 0.893 bits per heavy atom. The van der Waals surface area contributed by atoms with Crippen molar-refractivity contribution in [3.05, 3.63) is 71.6 Å². The fraction of sp³-hybridized carbons (Fsp3) is 0.273. The Morgan fingerprint density at radius 3 is 2.25 bits per heavy atom. The van der Waals surface area contributed by atoms with E-state index < -0.39 is 17.6 Å². The molecule has 2 N–H and O–H groups in total. The van der Waals surface area contributed by atoms with Crippen LogP contribution in [-0.2, 0) is 4.79 Å². The van der Waals surface area contributed by atoms with Gasteiger partial charge in [0.1, 0.15) is 5.82 Å². The van der Waals surface area contributed by atoms with Crippen molar-refractivity contribution in [3.63, 3.8) is 0 Å². The van der Waals surface area contributed by atoms with E-state index in [0.29, 0.717) is 0 Å². The smallest absolute Gasteiger partial charge is 0.272 e. The van der Waals surface area contributed by atoms with Crippen LogP contribution in [0.5, 0.6) is 0 Å². The molecule has 0 aromatic heterocycles. The van der Waals surface area contributed by atoms with E-state index >= 15 is 0 Å². The number of amides is 2. The monoisotopic (exact) mass is 381 g/mol. The molecule has 28 heavy (non-hydrogen) atoms. The zero-order valence-corrected chi connectivity index (χ0v) is 15.7. The molecule has 146 valence electrons. The average Bonchev–Trinajstić information content (AvgIpc) is 3.01. The zero-order chi connectivity index (χ0) is 19.8. The summed E-state index contributed by atoms with van der Waals surface area (Å²) in [4.78, 5) is 26.1. The lowest BCUT2D eigenvalue weighted by Gasteiger charge is -2.22. The van der Waals surface area contributed by atoms with Crippen LogP contribution in [0, 0.1) is 5.82 Å². The summed E-state index contributed by atoms with van der Waals surface area (Å²) in [6, 6.07) is 13.6. The van der Waals surface area contributed by atoms with Crippen LogP contribution < -0.4 is 15.8 Å². The summed E-state index contributed by atoms with van der Waals surface area (Å²) in [7, 11) is 0. The number of carbonyl (C=O) groups excluding carboxylic acids is 2. The Morgan fingerprint density at radius 2 is 1.57 bits per heavy atom. The van der Waals surface area contributed by atoms with Gasteiger partial charge in [0, 0.05) is 24.9 Å². The molecule has 3 rings (SSSR count). The van der Waals surface area contributed by atoms with Gasteiger partial charge in [0.15, 0.2) is 0 Å². The van der Waals surface area contributed by atoms with Gasteiger partial charge in [0.2, 0.25) is 0 Å². The van der Waals surface area contributed by atoms with Crippen molar-refractivity contribution in [3.8, 4) is 0 Å². The quantitative estimate of drug-likeness (QED) is 0.627. The third-order valence-electron chi connectivity index (χ3n) is 4.71. The van der Waals surface area contributed by atoms with E-state index in [1.54, 1.807) is 12.1 Å². The van der Waals surface area contributed by atoms with Crippen molar-refractivity contribution in [1.29, 1.82) is 0 Å². The summed E-state index contributed by atoms with van der Waals surface area (Å²) in [6.07, 6.45) is 8.01. The number of hydrogen-bond acceptors (Lipinski definition) is 3. The molecule has 0 spiro atoms. The summed E-state index contributed by atoms with van der Waals surface area (Å²) < 4.78 is 13.5. The number of carbonyl (C=O) groups is 2. The van der Waals surface area contributed by atoms with Crippen molar-refractivity contribution >= 4 is 23.6 Å². The molecule has 1 heterocycles. The first-order valence-corrected chi connectivity index (χ1v) is 9.51. The Kier molecular flexibility index (Phi) is 6.78. The first kappa shape index (κ1) is 19.6. The minimum absolute atomic E-state index is 0.129. The van der Waals surface area contributed by atoms with Gasteiger partial charge in [-0.25, -0.2) is 4.39 Å². The Hall–Kier alpha value is -3.15. The van der Waals surface area contributed by atoms with E-state index in [9.17, 15) is 14.0 Å². The molecule has 5 nitrogen and oxygen atoms in total. The fourth-order valence-corrected chi connectivity index (χ4v) is 3.17. The second-order valence-corrected chi connectivity index (χ2v) is 6.75. The maximum atomic E-state index is 13.5. The van der Waals surface area contributed by atoms with Gasteiger partial charge in [-0.15, -0.1) is 0 Å². The largest absolute Gasteiger partial charge is 0.372 e. The molecule has 1 saturated heterocycles. The Balaban J connectivity index is 1.51. The minimum atomic E-state index is -0.707. The molecule has 0 unspecified atom stereocenters. The summed E-state index contributed by atoms with van der Waals surface area (Å²) in [6.45, 7) is 2.17. The molecule has 2 aromatic rings. The molecule has 0 atom stereocenters. The van der Waals surface area contributed by atoms with Crippen LogP contribution in [0.1, 0.15) is 41.6 Å². The molecule has 1 aliphatic heterocycles. The summed E-state index contributed by atoms with van der Waals surface area (Å²) in [5.74, 6) is -1.85. The molecule has 0 radical (unpaired) electrons. The van der Waals surface area contributed by atoms with E-state index in [1.165, 1.54) is 55.6 Å². The van der Waals surface area contributed by atoms with Gasteiger partial charge >= 0.3 is 0 Å². The summed E-state index contributed by atoms with van der Waals surface area (Å²) >= 11 is 0. The third kappa shape index (κ3) is 5.42. The maximum Gasteiger partial charge on any atom is 0.272 e. The molecule has 2 amide bonds. The van der Waals surface area contributed by atoms with Crippen LogP contribution >= 0.6 is 0 Å². The number of nitrogens with one attached hydrogen (secondary N) is 2. The van der Waals surface area contributed by atoms with Crippen LogP contribution in [0.25, 0.3) is 6.08 Å². The number of benzene rings is 2. The molecule has 6 heteroatoms. The summed E-state index contributed by atoms with van der Waals surface area (Å²) in [5.41, 5.74) is 6.40. The number of hydrazine groups is 1. The summed E-state index contributed by atoms with van der Waals surface area (Å²) in [5, 5.41) is 0. The van der Waals surface area contributed by atoms with Gasteiger partial charge in [-0.1, -0.05) is 37.1 Å². The number of anilines is 1. The normalized spacial score (nSPS) is 14.5. The Bertz CT molecular complexity index is 841. The second-order valence-electron chi connectivity index (χ2n) is 6.75. The highest BCUT2D eigenvalue weighted by molar-refractivity contribution is 5.98. The maximum absolute atomic E-state index is 13.5. The van der Waals surface area contributed by atoms with Crippen LogP contribution in [0.3, 0.4) is 0 Å². The van der Waals surface area contributed by atoms with E-state index in [-0.39, 0.29) is 5.56 Å². The highest BCUT2D eigenvalue weighted by atomic mass is 19.1.